The molecule has 0 saturated carbocycles. The topological polar surface area (TPSA) is 52.2 Å². The Hall–Kier alpha value is -3.58. The lowest BCUT2D eigenvalue weighted by molar-refractivity contribution is 0.626. The first kappa shape index (κ1) is 23.2. The molecule has 5 rings (SSSR count). The van der Waals surface area contributed by atoms with Crippen molar-refractivity contribution >= 4 is 44.0 Å². The van der Waals surface area contributed by atoms with Crippen molar-refractivity contribution in [1.29, 1.82) is 0 Å². The molecule has 3 aromatic carbocycles. The fourth-order valence-corrected chi connectivity index (χ4v) is 4.59. The summed E-state index contributed by atoms with van der Waals surface area (Å²) in [6.45, 7) is 2.71. The number of fused-ring (bicyclic) bond motifs is 2. The van der Waals surface area contributed by atoms with Crippen LogP contribution in [0.3, 0.4) is 0 Å². The van der Waals surface area contributed by atoms with Crippen LogP contribution in [0.25, 0.3) is 21.8 Å². The average molecular weight is 531 g/mol. The monoisotopic (exact) mass is 530 g/mol. The summed E-state index contributed by atoms with van der Waals surface area (Å²) in [5.41, 5.74) is 3.42. The number of para-hydroxylation sites is 1. The van der Waals surface area contributed by atoms with Crippen molar-refractivity contribution in [3.8, 4) is 0 Å². The highest BCUT2D eigenvalue weighted by atomic mass is 79.9. The Bertz CT molecular complexity index is 1600. The molecule has 0 bridgehead atoms. The lowest BCUT2D eigenvalue weighted by Gasteiger charge is -2.09. The normalized spacial score (nSPS) is 11.7. The van der Waals surface area contributed by atoms with Crippen LogP contribution < -0.4 is 5.56 Å². The number of aromatic nitrogens is 3. The summed E-state index contributed by atoms with van der Waals surface area (Å²) in [7, 11) is 0. The largest absolute Gasteiger partial charge is 0.342 e. The fraction of sp³-hybridized carbons (Fsp3) is 0.179. The third kappa shape index (κ3) is 4.82. The zero-order chi connectivity index (χ0) is 24.4. The van der Waals surface area contributed by atoms with E-state index >= 15 is 0 Å². The van der Waals surface area contributed by atoms with Gasteiger partial charge in [-0.1, -0.05) is 59.6 Å². The zero-order valence-corrected chi connectivity index (χ0v) is 20.9. The van der Waals surface area contributed by atoms with E-state index in [1.807, 2.05) is 42.6 Å². The van der Waals surface area contributed by atoms with Crippen LogP contribution in [0.4, 0.5) is 4.39 Å². The molecule has 0 aliphatic rings. The second-order valence-corrected chi connectivity index (χ2v) is 9.43. The number of aryl methyl sites for hydroxylation is 1. The first-order valence-corrected chi connectivity index (χ1v) is 12.4. The smallest absolute Gasteiger partial charge is 0.282 e. The summed E-state index contributed by atoms with van der Waals surface area (Å²) >= 11 is 3.45. The summed E-state index contributed by atoms with van der Waals surface area (Å²) in [6.07, 6.45) is 6.32. The maximum Gasteiger partial charge on any atom is 0.282 e. The Morgan fingerprint density at radius 3 is 2.66 bits per heavy atom. The van der Waals surface area contributed by atoms with Crippen molar-refractivity contribution in [2.75, 3.05) is 0 Å². The predicted octanol–water partition coefficient (Wildman–Crippen LogP) is 6.53. The Balaban J connectivity index is 1.59. The molecule has 5 aromatic rings. The zero-order valence-electron chi connectivity index (χ0n) is 19.3. The fourth-order valence-electron chi connectivity index (χ4n) is 4.23. The van der Waals surface area contributed by atoms with Crippen molar-refractivity contribution in [1.82, 2.24) is 14.2 Å². The van der Waals surface area contributed by atoms with Gasteiger partial charge in [0.2, 0.25) is 0 Å². The molecular weight excluding hydrogens is 507 g/mol. The summed E-state index contributed by atoms with van der Waals surface area (Å²) in [6, 6.07) is 20.1. The molecule has 7 heteroatoms. The summed E-state index contributed by atoms with van der Waals surface area (Å²) < 4.78 is 17.7. The summed E-state index contributed by atoms with van der Waals surface area (Å²) in [4.78, 5) is 18.1. The van der Waals surface area contributed by atoms with E-state index in [-0.39, 0.29) is 11.4 Å². The van der Waals surface area contributed by atoms with Gasteiger partial charge in [0.05, 0.1) is 17.1 Å². The maximum absolute atomic E-state index is 13.4. The Morgan fingerprint density at radius 2 is 1.86 bits per heavy atom. The van der Waals surface area contributed by atoms with Gasteiger partial charge in [-0.3, -0.25) is 4.79 Å². The molecule has 2 heterocycles. The number of hydrogen-bond acceptors (Lipinski definition) is 3. The quantitative estimate of drug-likeness (QED) is 0.225. The van der Waals surface area contributed by atoms with Gasteiger partial charge in [-0.05, 0) is 48.4 Å². The summed E-state index contributed by atoms with van der Waals surface area (Å²) in [5.74, 6) is 0.400. The molecule has 176 valence electrons. The van der Waals surface area contributed by atoms with E-state index in [9.17, 15) is 9.18 Å². The van der Waals surface area contributed by atoms with Crippen LogP contribution in [-0.4, -0.2) is 20.4 Å². The van der Waals surface area contributed by atoms with Gasteiger partial charge in [0.25, 0.3) is 5.56 Å². The van der Waals surface area contributed by atoms with Gasteiger partial charge in [0.1, 0.15) is 11.6 Å². The molecule has 0 amide bonds. The number of rotatable bonds is 7. The van der Waals surface area contributed by atoms with Gasteiger partial charge in [-0.2, -0.15) is 9.78 Å². The van der Waals surface area contributed by atoms with Crippen molar-refractivity contribution in [3.63, 3.8) is 0 Å². The second-order valence-electron chi connectivity index (χ2n) is 8.51. The predicted molar refractivity (Wildman–Crippen MR) is 143 cm³/mol. The van der Waals surface area contributed by atoms with E-state index in [1.54, 1.807) is 24.4 Å². The maximum atomic E-state index is 13.4. The van der Waals surface area contributed by atoms with E-state index in [1.165, 1.54) is 16.8 Å². The minimum Gasteiger partial charge on any atom is -0.342 e. The van der Waals surface area contributed by atoms with E-state index in [2.05, 4.69) is 32.5 Å². The molecule has 35 heavy (non-hydrogen) atoms. The Morgan fingerprint density at radius 1 is 1.06 bits per heavy atom. The minimum absolute atomic E-state index is 0.186. The van der Waals surface area contributed by atoms with Gasteiger partial charge in [-0.15, -0.1) is 0 Å². The van der Waals surface area contributed by atoms with Crippen LogP contribution in [0.1, 0.15) is 36.7 Å². The number of hydrogen-bond donors (Lipinski definition) is 0. The minimum atomic E-state index is -0.251. The molecule has 0 atom stereocenters. The van der Waals surface area contributed by atoms with E-state index in [0.29, 0.717) is 29.7 Å². The SMILES string of the molecule is CCCCc1nc2ccc(Br)cc2c(=O)n1N=Cc1cn(Cc2ccc(F)cc2)c2ccccc12. The highest BCUT2D eigenvalue weighted by Crippen LogP contribution is 2.22. The standard InChI is InChI=1S/C28H24BrFN4O/c1-2-3-8-27-32-25-14-11-21(29)15-24(25)28(35)34(27)31-16-20-18-33(26-7-5-4-6-23(20)26)17-19-9-12-22(30)13-10-19/h4-7,9-16,18H,2-3,8,17H2,1H3. The van der Waals surface area contributed by atoms with Crippen LogP contribution in [0.15, 0.2) is 87.3 Å². The summed E-state index contributed by atoms with van der Waals surface area (Å²) in [5, 5.41) is 6.18. The number of benzene rings is 3. The Labute approximate surface area is 210 Å². The van der Waals surface area contributed by atoms with Gasteiger partial charge in [0.15, 0.2) is 0 Å². The number of halogens is 2. The van der Waals surface area contributed by atoms with Gasteiger partial charge in [-0.25, -0.2) is 9.37 Å². The molecule has 0 spiro atoms. The van der Waals surface area contributed by atoms with Crippen LogP contribution in [0.2, 0.25) is 0 Å². The molecular formula is C28H24BrFN4O. The molecule has 0 fully saturated rings. The third-order valence-corrected chi connectivity index (χ3v) is 6.52. The molecule has 2 aromatic heterocycles. The number of nitrogens with zero attached hydrogens (tertiary/aromatic N) is 4. The van der Waals surface area contributed by atoms with E-state index in [0.717, 1.165) is 39.3 Å². The molecule has 0 aliphatic carbocycles. The van der Waals surface area contributed by atoms with Crippen LogP contribution in [0, 0.1) is 5.82 Å². The third-order valence-electron chi connectivity index (χ3n) is 6.03. The molecule has 5 nitrogen and oxygen atoms in total. The molecule has 0 N–H and O–H groups in total. The average Bonchev–Trinajstić information content (AvgIpc) is 3.21. The lowest BCUT2D eigenvalue weighted by atomic mass is 10.2. The highest BCUT2D eigenvalue weighted by Gasteiger charge is 2.12. The molecule has 0 radical (unpaired) electrons. The van der Waals surface area contributed by atoms with Crippen LogP contribution >= 0.6 is 15.9 Å². The molecule has 0 aliphatic heterocycles. The highest BCUT2D eigenvalue weighted by molar-refractivity contribution is 9.10. The Kier molecular flexibility index (Phi) is 6.59. The lowest BCUT2D eigenvalue weighted by Crippen LogP contribution is -2.22. The van der Waals surface area contributed by atoms with Crippen LogP contribution in [-0.2, 0) is 13.0 Å². The number of unbranched alkanes of at least 4 members (excludes halogenated alkanes) is 1. The van der Waals surface area contributed by atoms with Crippen molar-refractivity contribution in [2.45, 2.75) is 32.7 Å². The first-order valence-electron chi connectivity index (χ1n) is 11.6. The van der Waals surface area contributed by atoms with Gasteiger partial charge < -0.3 is 4.57 Å². The molecule has 0 saturated heterocycles. The molecule has 0 unspecified atom stereocenters. The van der Waals surface area contributed by atoms with Crippen molar-refractivity contribution in [2.24, 2.45) is 5.10 Å². The van der Waals surface area contributed by atoms with Crippen molar-refractivity contribution in [3.05, 3.63) is 111 Å². The second kappa shape index (κ2) is 9.96. The van der Waals surface area contributed by atoms with Crippen molar-refractivity contribution < 1.29 is 4.39 Å². The van der Waals surface area contributed by atoms with Gasteiger partial charge >= 0.3 is 0 Å². The van der Waals surface area contributed by atoms with Crippen LogP contribution in [0.5, 0.6) is 0 Å². The van der Waals surface area contributed by atoms with E-state index < -0.39 is 0 Å². The first-order chi connectivity index (χ1) is 17.0. The van der Waals surface area contributed by atoms with Gasteiger partial charge in [0, 0.05) is 40.1 Å². The van der Waals surface area contributed by atoms with E-state index in [4.69, 9.17) is 4.98 Å².